The highest BCUT2D eigenvalue weighted by Gasteiger charge is 2.16. The summed E-state index contributed by atoms with van der Waals surface area (Å²) in [6.07, 6.45) is 0. The Morgan fingerprint density at radius 3 is 2.58 bits per heavy atom. The van der Waals surface area contributed by atoms with Crippen molar-refractivity contribution in [2.75, 3.05) is 51.7 Å². The predicted molar refractivity (Wildman–Crippen MR) is 123 cm³/mol. The van der Waals surface area contributed by atoms with Gasteiger partial charge in [0.15, 0.2) is 5.96 Å². The number of aryl methyl sites for hydroxylation is 1. The number of guanidine groups is 1. The molecule has 148 valence electrons. The predicted octanol–water partition coefficient (Wildman–Crippen LogP) is 2.98. The number of thioether (sulfide) groups is 1. The van der Waals surface area contributed by atoms with E-state index in [-0.39, 0.29) is 24.0 Å². The van der Waals surface area contributed by atoms with Gasteiger partial charge in [0.1, 0.15) is 0 Å². The van der Waals surface area contributed by atoms with Crippen molar-refractivity contribution >= 4 is 41.7 Å². The Kier molecular flexibility index (Phi) is 12.3. The minimum absolute atomic E-state index is 0. The highest BCUT2D eigenvalue weighted by molar-refractivity contribution is 14.0. The summed E-state index contributed by atoms with van der Waals surface area (Å²) in [5, 5.41) is 6.77. The molecule has 1 heterocycles. The molecule has 0 spiro atoms. The molecule has 1 unspecified atom stereocenters. The monoisotopic (exact) mass is 492 g/mol. The number of ether oxygens (including phenoxy) is 1. The van der Waals surface area contributed by atoms with Crippen LogP contribution < -0.4 is 10.6 Å². The standard InChI is InChI=1S/C19H32N4OS.HI/c1-4-20-19(22-15-17(3)23-10-12-24-13-11-23)21-9-14-25-18-7-5-16(2)6-8-18;/h5-8,17H,4,9-15H2,1-3H3,(H2,20,21,22);1H. The Morgan fingerprint density at radius 2 is 1.92 bits per heavy atom. The van der Waals surface area contributed by atoms with Crippen molar-refractivity contribution in [1.82, 2.24) is 15.5 Å². The maximum absolute atomic E-state index is 5.42. The molecule has 0 bridgehead atoms. The molecule has 2 rings (SSSR count). The summed E-state index contributed by atoms with van der Waals surface area (Å²) in [6, 6.07) is 9.14. The minimum Gasteiger partial charge on any atom is -0.379 e. The van der Waals surface area contributed by atoms with Crippen molar-refractivity contribution in [3.8, 4) is 0 Å². The zero-order chi connectivity index (χ0) is 17.9. The van der Waals surface area contributed by atoms with Crippen LogP contribution in [0.4, 0.5) is 0 Å². The smallest absolute Gasteiger partial charge is 0.191 e. The first-order chi connectivity index (χ1) is 12.2. The highest BCUT2D eigenvalue weighted by atomic mass is 127. The van der Waals surface area contributed by atoms with Crippen LogP contribution in [0.25, 0.3) is 0 Å². The number of nitrogens with one attached hydrogen (secondary N) is 2. The van der Waals surface area contributed by atoms with Crippen molar-refractivity contribution in [3.05, 3.63) is 29.8 Å². The molecule has 1 aromatic carbocycles. The van der Waals surface area contributed by atoms with E-state index in [9.17, 15) is 0 Å². The fourth-order valence-electron chi connectivity index (χ4n) is 2.67. The van der Waals surface area contributed by atoms with Crippen LogP contribution in [0, 0.1) is 6.92 Å². The van der Waals surface area contributed by atoms with Gasteiger partial charge in [-0.05, 0) is 32.9 Å². The SMILES string of the molecule is CCNC(=NCC(C)N1CCOCC1)NCCSc1ccc(C)cc1.I. The molecule has 1 fully saturated rings. The third-order valence-corrected chi connectivity index (χ3v) is 5.22. The van der Waals surface area contributed by atoms with Crippen LogP contribution in [0.15, 0.2) is 34.2 Å². The van der Waals surface area contributed by atoms with Crippen LogP contribution in [0.3, 0.4) is 0 Å². The Balaban J connectivity index is 0.00000338. The van der Waals surface area contributed by atoms with E-state index in [0.29, 0.717) is 6.04 Å². The second-order valence-electron chi connectivity index (χ2n) is 6.31. The lowest BCUT2D eigenvalue weighted by atomic mass is 10.2. The first-order valence-electron chi connectivity index (χ1n) is 9.22. The molecule has 1 saturated heterocycles. The lowest BCUT2D eigenvalue weighted by molar-refractivity contribution is 0.0220. The first-order valence-corrected chi connectivity index (χ1v) is 10.2. The Labute approximate surface area is 179 Å². The number of aliphatic imine (C=N–C) groups is 1. The highest BCUT2D eigenvalue weighted by Crippen LogP contribution is 2.17. The van der Waals surface area contributed by atoms with Crippen molar-refractivity contribution in [1.29, 1.82) is 0 Å². The van der Waals surface area contributed by atoms with E-state index in [1.54, 1.807) is 0 Å². The average Bonchev–Trinajstić information content (AvgIpc) is 2.65. The van der Waals surface area contributed by atoms with E-state index in [1.165, 1.54) is 10.5 Å². The van der Waals surface area contributed by atoms with E-state index >= 15 is 0 Å². The van der Waals surface area contributed by atoms with Crippen LogP contribution in [0.1, 0.15) is 19.4 Å². The summed E-state index contributed by atoms with van der Waals surface area (Å²) in [5.74, 6) is 1.93. The number of benzene rings is 1. The van der Waals surface area contributed by atoms with Gasteiger partial charge in [-0.3, -0.25) is 9.89 Å². The second-order valence-corrected chi connectivity index (χ2v) is 7.47. The molecule has 0 aromatic heterocycles. The number of morpholine rings is 1. The molecule has 0 amide bonds. The van der Waals surface area contributed by atoms with Crippen LogP contribution in [0.2, 0.25) is 0 Å². The largest absolute Gasteiger partial charge is 0.379 e. The zero-order valence-electron chi connectivity index (χ0n) is 16.2. The molecule has 1 aliphatic rings. The van der Waals surface area contributed by atoms with Crippen LogP contribution in [0.5, 0.6) is 0 Å². The molecule has 7 heteroatoms. The number of hydrogen-bond donors (Lipinski definition) is 2. The van der Waals surface area contributed by atoms with Gasteiger partial charge in [-0.15, -0.1) is 35.7 Å². The minimum atomic E-state index is 0. The lowest BCUT2D eigenvalue weighted by Crippen LogP contribution is -2.44. The molecule has 0 radical (unpaired) electrons. The fraction of sp³-hybridized carbons (Fsp3) is 0.632. The summed E-state index contributed by atoms with van der Waals surface area (Å²) >= 11 is 1.87. The van der Waals surface area contributed by atoms with Crippen molar-refractivity contribution in [2.24, 2.45) is 4.99 Å². The van der Waals surface area contributed by atoms with E-state index in [1.807, 2.05) is 11.8 Å². The van der Waals surface area contributed by atoms with Gasteiger partial charge in [0.2, 0.25) is 0 Å². The zero-order valence-corrected chi connectivity index (χ0v) is 19.3. The number of hydrogen-bond acceptors (Lipinski definition) is 4. The molecule has 26 heavy (non-hydrogen) atoms. The molecule has 2 N–H and O–H groups in total. The summed E-state index contributed by atoms with van der Waals surface area (Å²) in [6.45, 7) is 12.7. The van der Waals surface area contributed by atoms with Gasteiger partial charge in [-0.1, -0.05) is 17.7 Å². The normalized spacial score (nSPS) is 16.7. The second kappa shape index (κ2) is 13.6. The first kappa shape index (κ1) is 23.5. The van der Waals surface area contributed by atoms with Crippen LogP contribution in [-0.4, -0.2) is 68.6 Å². The number of halogens is 1. The fourth-order valence-corrected chi connectivity index (χ4v) is 3.44. The topological polar surface area (TPSA) is 48.9 Å². The van der Waals surface area contributed by atoms with Crippen molar-refractivity contribution in [3.63, 3.8) is 0 Å². The van der Waals surface area contributed by atoms with Gasteiger partial charge in [0.25, 0.3) is 0 Å². The van der Waals surface area contributed by atoms with Crippen molar-refractivity contribution < 1.29 is 4.74 Å². The lowest BCUT2D eigenvalue weighted by Gasteiger charge is -2.31. The molecule has 0 saturated carbocycles. The van der Waals surface area contributed by atoms with Crippen LogP contribution >= 0.6 is 35.7 Å². The quantitative estimate of drug-likeness (QED) is 0.192. The Morgan fingerprint density at radius 1 is 1.23 bits per heavy atom. The maximum atomic E-state index is 5.42. The van der Waals surface area contributed by atoms with E-state index in [4.69, 9.17) is 9.73 Å². The average molecular weight is 492 g/mol. The van der Waals surface area contributed by atoms with Gasteiger partial charge >= 0.3 is 0 Å². The molecule has 0 aliphatic carbocycles. The van der Waals surface area contributed by atoms with Gasteiger partial charge < -0.3 is 15.4 Å². The molecule has 1 aliphatic heterocycles. The summed E-state index contributed by atoms with van der Waals surface area (Å²) < 4.78 is 5.42. The number of nitrogens with zero attached hydrogens (tertiary/aromatic N) is 2. The molecule has 1 atom stereocenters. The Bertz CT molecular complexity index is 521. The molecule has 1 aromatic rings. The van der Waals surface area contributed by atoms with Gasteiger partial charge in [0.05, 0.1) is 19.8 Å². The maximum Gasteiger partial charge on any atom is 0.191 e. The third-order valence-electron chi connectivity index (χ3n) is 4.21. The Hall–Kier alpha value is -0.510. The number of rotatable bonds is 8. The van der Waals surface area contributed by atoms with Gasteiger partial charge in [-0.2, -0.15) is 0 Å². The van der Waals surface area contributed by atoms with E-state index in [0.717, 1.165) is 57.6 Å². The third kappa shape index (κ3) is 8.92. The van der Waals surface area contributed by atoms with E-state index < -0.39 is 0 Å². The van der Waals surface area contributed by atoms with Gasteiger partial charge in [-0.25, -0.2) is 0 Å². The summed E-state index contributed by atoms with van der Waals surface area (Å²) in [5.41, 5.74) is 1.30. The molecule has 5 nitrogen and oxygen atoms in total. The summed E-state index contributed by atoms with van der Waals surface area (Å²) in [4.78, 5) is 8.51. The van der Waals surface area contributed by atoms with Gasteiger partial charge in [0, 0.05) is 42.9 Å². The van der Waals surface area contributed by atoms with Crippen LogP contribution in [-0.2, 0) is 4.74 Å². The summed E-state index contributed by atoms with van der Waals surface area (Å²) in [7, 11) is 0. The van der Waals surface area contributed by atoms with E-state index in [2.05, 4.69) is 60.6 Å². The molecular weight excluding hydrogens is 459 g/mol. The van der Waals surface area contributed by atoms with Crippen molar-refractivity contribution in [2.45, 2.75) is 31.7 Å². The molecular formula is C19H33IN4OS.